The molecule has 1 saturated heterocycles. The fourth-order valence-corrected chi connectivity index (χ4v) is 4.54. The summed E-state index contributed by atoms with van der Waals surface area (Å²) in [6.07, 6.45) is 2.30. The van der Waals surface area contributed by atoms with Gasteiger partial charge in [-0.15, -0.1) is 12.4 Å². The number of benzene rings is 2. The highest BCUT2D eigenvalue weighted by Gasteiger charge is 2.26. The van der Waals surface area contributed by atoms with Crippen molar-refractivity contribution in [3.63, 3.8) is 0 Å². The van der Waals surface area contributed by atoms with Gasteiger partial charge in [0.15, 0.2) is 0 Å². The number of anilines is 2. The lowest BCUT2D eigenvalue weighted by molar-refractivity contribution is -0.118. The van der Waals surface area contributed by atoms with Crippen molar-refractivity contribution < 1.29 is 9.53 Å². The van der Waals surface area contributed by atoms with E-state index >= 15 is 0 Å². The summed E-state index contributed by atoms with van der Waals surface area (Å²) in [4.78, 5) is 19.3. The molecule has 2 aliphatic heterocycles. The second kappa shape index (κ2) is 10.4. The van der Waals surface area contributed by atoms with E-state index < -0.39 is 0 Å². The molecular formula is C23H29Cl2N3O2. The minimum absolute atomic E-state index is 0. The molecule has 0 atom stereocenters. The van der Waals surface area contributed by atoms with Crippen LogP contribution in [-0.2, 0) is 11.2 Å². The molecule has 5 nitrogen and oxygen atoms in total. The average molecular weight is 450 g/mol. The lowest BCUT2D eigenvalue weighted by Gasteiger charge is -2.37. The van der Waals surface area contributed by atoms with Crippen LogP contribution in [-0.4, -0.2) is 57.2 Å². The topological polar surface area (TPSA) is 36.0 Å². The van der Waals surface area contributed by atoms with Crippen LogP contribution in [0.4, 0.5) is 11.4 Å². The quantitative estimate of drug-likeness (QED) is 0.659. The van der Waals surface area contributed by atoms with E-state index in [4.69, 9.17) is 16.3 Å². The summed E-state index contributed by atoms with van der Waals surface area (Å²) in [5.74, 6) is 1.11. The van der Waals surface area contributed by atoms with Gasteiger partial charge < -0.3 is 14.5 Å². The third-order valence-electron chi connectivity index (χ3n) is 5.91. The first-order valence-electron chi connectivity index (χ1n) is 10.3. The van der Waals surface area contributed by atoms with E-state index in [2.05, 4.69) is 15.9 Å². The first-order valence-corrected chi connectivity index (χ1v) is 10.7. The fraction of sp³-hybridized carbons (Fsp3) is 0.435. The molecular weight excluding hydrogens is 421 g/mol. The van der Waals surface area contributed by atoms with E-state index in [0.717, 1.165) is 74.1 Å². The number of hydrogen-bond donors (Lipinski definition) is 0. The summed E-state index contributed by atoms with van der Waals surface area (Å²) in [6, 6.07) is 14.1. The second-order valence-electron chi connectivity index (χ2n) is 7.67. The van der Waals surface area contributed by atoms with Crippen LogP contribution in [0.5, 0.6) is 5.75 Å². The van der Waals surface area contributed by atoms with Crippen molar-refractivity contribution in [3.8, 4) is 5.75 Å². The lowest BCUT2D eigenvalue weighted by atomic mass is 10.00. The van der Waals surface area contributed by atoms with Gasteiger partial charge in [-0.3, -0.25) is 9.69 Å². The predicted octanol–water partition coefficient (Wildman–Crippen LogP) is 4.26. The molecule has 2 heterocycles. The monoisotopic (exact) mass is 449 g/mol. The van der Waals surface area contributed by atoms with E-state index in [-0.39, 0.29) is 18.3 Å². The van der Waals surface area contributed by atoms with Gasteiger partial charge in [-0.25, -0.2) is 0 Å². The van der Waals surface area contributed by atoms with Crippen molar-refractivity contribution in [3.05, 3.63) is 53.1 Å². The first-order chi connectivity index (χ1) is 14.2. The Morgan fingerprint density at radius 3 is 2.50 bits per heavy atom. The largest absolute Gasteiger partial charge is 0.496 e. The molecule has 4 rings (SSSR count). The van der Waals surface area contributed by atoms with Crippen molar-refractivity contribution in [2.75, 3.05) is 56.2 Å². The van der Waals surface area contributed by atoms with E-state index in [9.17, 15) is 4.79 Å². The second-order valence-corrected chi connectivity index (χ2v) is 8.10. The highest BCUT2D eigenvalue weighted by molar-refractivity contribution is 6.30. The van der Waals surface area contributed by atoms with Crippen molar-refractivity contribution in [2.45, 2.75) is 19.3 Å². The van der Waals surface area contributed by atoms with Crippen LogP contribution in [0, 0.1) is 0 Å². The predicted molar refractivity (Wildman–Crippen MR) is 126 cm³/mol. The number of amides is 1. The van der Waals surface area contributed by atoms with Gasteiger partial charge >= 0.3 is 0 Å². The summed E-state index contributed by atoms with van der Waals surface area (Å²) in [6.45, 7) is 5.84. The van der Waals surface area contributed by atoms with Crippen LogP contribution >= 0.6 is 24.0 Å². The van der Waals surface area contributed by atoms with Gasteiger partial charge in [-0.2, -0.15) is 0 Å². The van der Waals surface area contributed by atoms with Gasteiger partial charge in [0.25, 0.3) is 0 Å². The third-order valence-corrected chi connectivity index (χ3v) is 6.15. The summed E-state index contributed by atoms with van der Waals surface area (Å²) < 4.78 is 5.49. The van der Waals surface area contributed by atoms with Crippen molar-refractivity contribution in [1.29, 1.82) is 0 Å². The third kappa shape index (κ3) is 5.02. The zero-order valence-electron chi connectivity index (χ0n) is 17.3. The molecule has 30 heavy (non-hydrogen) atoms. The fourth-order valence-electron chi connectivity index (χ4n) is 4.35. The van der Waals surface area contributed by atoms with Crippen LogP contribution in [0.2, 0.25) is 5.02 Å². The molecule has 0 unspecified atom stereocenters. The number of carbonyl (C=O) groups is 1. The zero-order chi connectivity index (χ0) is 20.2. The Morgan fingerprint density at radius 1 is 1.00 bits per heavy atom. The zero-order valence-corrected chi connectivity index (χ0v) is 18.9. The highest BCUT2D eigenvalue weighted by Crippen LogP contribution is 2.34. The van der Waals surface area contributed by atoms with Gasteiger partial charge in [0.2, 0.25) is 5.91 Å². The smallest absolute Gasteiger partial charge is 0.227 e. The maximum absolute atomic E-state index is 12.5. The van der Waals surface area contributed by atoms with Crippen LogP contribution in [0.3, 0.4) is 0 Å². The summed E-state index contributed by atoms with van der Waals surface area (Å²) in [5.41, 5.74) is 3.37. The van der Waals surface area contributed by atoms with Crippen molar-refractivity contribution in [2.24, 2.45) is 0 Å². The molecule has 0 radical (unpaired) electrons. The van der Waals surface area contributed by atoms with Crippen molar-refractivity contribution >= 4 is 41.3 Å². The standard InChI is InChI=1S/C23H28ClN3O2.ClH/c1-29-22-8-3-7-21-20(22)9-10-23(28)27(21)12-4-11-25-13-15-26(16-14-25)19-6-2-5-18(24)17-19;/h2-3,5-8,17H,4,9-16H2,1H3;1H. The number of fused-ring (bicyclic) bond motifs is 1. The highest BCUT2D eigenvalue weighted by atomic mass is 35.5. The molecule has 0 spiro atoms. The summed E-state index contributed by atoms with van der Waals surface area (Å²) >= 11 is 6.12. The van der Waals surface area contributed by atoms with Crippen LogP contribution < -0.4 is 14.5 Å². The van der Waals surface area contributed by atoms with E-state index in [1.807, 2.05) is 41.3 Å². The minimum Gasteiger partial charge on any atom is -0.496 e. The molecule has 2 aromatic rings. The molecule has 2 aromatic carbocycles. The number of piperazine rings is 1. The number of rotatable bonds is 6. The molecule has 0 aliphatic carbocycles. The van der Waals surface area contributed by atoms with Crippen molar-refractivity contribution in [1.82, 2.24) is 4.90 Å². The Kier molecular flexibility index (Phi) is 7.87. The molecule has 0 bridgehead atoms. The Labute approximate surface area is 190 Å². The lowest BCUT2D eigenvalue weighted by Crippen LogP contribution is -2.47. The van der Waals surface area contributed by atoms with Crippen LogP contribution in [0.15, 0.2) is 42.5 Å². The molecule has 0 aromatic heterocycles. The number of ether oxygens (including phenoxy) is 1. The Balaban J connectivity index is 0.00000256. The summed E-state index contributed by atoms with van der Waals surface area (Å²) in [5, 5.41) is 0.785. The molecule has 1 fully saturated rings. The van der Waals surface area contributed by atoms with Gasteiger partial charge in [0.05, 0.1) is 12.8 Å². The van der Waals surface area contributed by atoms with Gasteiger partial charge in [-0.1, -0.05) is 23.7 Å². The van der Waals surface area contributed by atoms with Crippen LogP contribution in [0.1, 0.15) is 18.4 Å². The Bertz CT molecular complexity index is 869. The van der Waals surface area contributed by atoms with Crippen LogP contribution in [0.25, 0.3) is 0 Å². The molecule has 0 N–H and O–H groups in total. The van der Waals surface area contributed by atoms with Gasteiger partial charge in [0.1, 0.15) is 5.75 Å². The van der Waals surface area contributed by atoms with Gasteiger partial charge in [-0.05, 0) is 49.7 Å². The first kappa shape index (κ1) is 22.7. The number of methoxy groups -OCH3 is 1. The Hall–Kier alpha value is -1.95. The van der Waals surface area contributed by atoms with Gasteiger partial charge in [0, 0.05) is 55.4 Å². The Morgan fingerprint density at radius 2 is 1.77 bits per heavy atom. The molecule has 162 valence electrons. The number of hydrogen-bond acceptors (Lipinski definition) is 4. The minimum atomic E-state index is 0. The molecule has 1 amide bonds. The molecule has 2 aliphatic rings. The molecule has 7 heteroatoms. The number of carbonyl (C=O) groups excluding carboxylic acids is 1. The average Bonchev–Trinajstić information content (AvgIpc) is 2.75. The van der Waals surface area contributed by atoms with E-state index in [1.165, 1.54) is 5.69 Å². The number of halogens is 2. The number of nitrogens with zero attached hydrogens (tertiary/aromatic N) is 3. The van der Waals surface area contributed by atoms with E-state index in [0.29, 0.717) is 6.42 Å². The maximum atomic E-state index is 12.5. The SMILES string of the molecule is COc1cccc2c1CCC(=O)N2CCCN1CCN(c2cccc(Cl)c2)CC1.Cl. The summed E-state index contributed by atoms with van der Waals surface area (Å²) in [7, 11) is 1.69. The normalized spacial score (nSPS) is 16.8. The molecule has 0 saturated carbocycles. The van der Waals surface area contributed by atoms with E-state index in [1.54, 1.807) is 7.11 Å². The maximum Gasteiger partial charge on any atom is 0.227 e.